The predicted molar refractivity (Wildman–Crippen MR) is 76.8 cm³/mol. The Balaban J connectivity index is 2.67. The van der Waals surface area contributed by atoms with E-state index >= 15 is 0 Å². The van der Waals surface area contributed by atoms with E-state index in [4.69, 9.17) is 0 Å². The van der Waals surface area contributed by atoms with E-state index < -0.39 is 26.3 Å². The molecule has 0 aliphatic rings. The van der Waals surface area contributed by atoms with Crippen LogP contribution in [0.4, 0.5) is 0 Å². The van der Waals surface area contributed by atoms with Gasteiger partial charge in [-0.15, -0.1) is 0 Å². The summed E-state index contributed by atoms with van der Waals surface area (Å²) in [6, 6.07) is 15.4. The van der Waals surface area contributed by atoms with Crippen molar-refractivity contribution in [2.45, 2.75) is 11.3 Å². The zero-order valence-corrected chi connectivity index (χ0v) is 11.7. The van der Waals surface area contributed by atoms with Crippen LogP contribution in [0.1, 0.15) is 11.1 Å². The third-order valence-electron chi connectivity index (χ3n) is 3.23. The average Bonchev–Trinajstić information content (AvgIpc) is 2.45. The molecular formula is C14H13NO5S. The molecule has 110 valence electrons. The maximum Gasteiger partial charge on any atom is 0.371 e. The van der Waals surface area contributed by atoms with Crippen LogP contribution in [-0.2, 0) is 21.4 Å². The third-order valence-corrected chi connectivity index (χ3v) is 4.62. The lowest BCUT2D eigenvalue weighted by Gasteiger charge is -2.22. The van der Waals surface area contributed by atoms with E-state index in [1.165, 1.54) is 24.3 Å². The molecule has 0 heterocycles. The molecule has 0 aliphatic carbocycles. The molecule has 21 heavy (non-hydrogen) atoms. The second-order valence-corrected chi connectivity index (χ2v) is 6.17. The molecule has 0 fully saturated rings. The highest BCUT2D eigenvalue weighted by molar-refractivity contribution is 7.86. The van der Waals surface area contributed by atoms with Crippen molar-refractivity contribution in [3.05, 3.63) is 81.9 Å². The second-order valence-electron chi connectivity index (χ2n) is 4.54. The minimum atomic E-state index is -4.98. The van der Waals surface area contributed by atoms with Crippen molar-refractivity contribution in [1.82, 2.24) is 0 Å². The first kappa shape index (κ1) is 15.1. The van der Waals surface area contributed by atoms with Gasteiger partial charge in [0.1, 0.15) is 0 Å². The number of nitrogens with zero attached hydrogens (tertiary/aromatic N) is 1. The Kier molecular flexibility index (Phi) is 4.06. The third kappa shape index (κ3) is 2.79. The van der Waals surface area contributed by atoms with Crippen molar-refractivity contribution < 1.29 is 17.9 Å². The Morgan fingerprint density at radius 2 is 1.48 bits per heavy atom. The van der Waals surface area contributed by atoms with Gasteiger partial charge < -0.3 is 0 Å². The van der Waals surface area contributed by atoms with Gasteiger partial charge in [-0.25, -0.2) is 0 Å². The summed E-state index contributed by atoms with van der Waals surface area (Å²) in [6.07, 6.45) is -0.455. The van der Waals surface area contributed by atoms with Crippen LogP contribution in [0.2, 0.25) is 0 Å². The first-order valence-corrected chi connectivity index (χ1v) is 7.53. The van der Waals surface area contributed by atoms with Gasteiger partial charge in [0.15, 0.2) is 0 Å². The lowest BCUT2D eigenvalue weighted by molar-refractivity contribution is -0.549. The summed E-state index contributed by atoms with van der Waals surface area (Å²) in [6.45, 7) is 0. The van der Waals surface area contributed by atoms with Crippen LogP contribution in [0.5, 0.6) is 0 Å². The minimum absolute atomic E-state index is 0.0821. The summed E-state index contributed by atoms with van der Waals surface area (Å²) >= 11 is 0. The molecule has 1 N–H and O–H groups in total. The summed E-state index contributed by atoms with van der Waals surface area (Å²) in [4.78, 5) is 7.97. The highest BCUT2D eigenvalue weighted by atomic mass is 32.2. The first-order valence-electron chi connectivity index (χ1n) is 6.09. The standard InChI is InChI=1S/C14H13NO5S/c16-15(17)14(21(18,19)20,13-9-5-2-6-10-13)11-12-7-3-1-4-8-12/h1-10H,11H2,(H,18,19,20). The molecular weight excluding hydrogens is 294 g/mol. The van der Waals surface area contributed by atoms with Crippen molar-refractivity contribution in [2.24, 2.45) is 0 Å². The van der Waals surface area contributed by atoms with Crippen LogP contribution in [0.25, 0.3) is 0 Å². The fraction of sp³-hybridized carbons (Fsp3) is 0.143. The zero-order valence-electron chi connectivity index (χ0n) is 10.9. The fourth-order valence-corrected chi connectivity index (χ4v) is 3.15. The molecule has 2 aromatic carbocycles. The molecule has 0 amide bonds. The first-order chi connectivity index (χ1) is 9.88. The molecule has 6 nitrogen and oxygen atoms in total. The van der Waals surface area contributed by atoms with Gasteiger partial charge in [-0.05, 0) is 5.56 Å². The van der Waals surface area contributed by atoms with Crippen molar-refractivity contribution in [2.75, 3.05) is 0 Å². The Hall–Kier alpha value is -2.25. The lowest BCUT2D eigenvalue weighted by Crippen LogP contribution is -2.45. The van der Waals surface area contributed by atoms with Crippen LogP contribution in [0.3, 0.4) is 0 Å². The molecule has 1 unspecified atom stereocenters. The van der Waals surface area contributed by atoms with Crippen LogP contribution < -0.4 is 0 Å². The maximum atomic E-state index is 11.8. The molecule has 0 aliphatic heterocycles. The van der Waals surface area contributed by atoms with Crippen LogP contribution in [0.15, 0.2) is 60.7 Å². The smallest absolute Gasteiger partial charge is 0.280 e. The molecule has 0 saturated carbocycles. The number of rotatable bonds is 5. The van der Waals surface area contributed by atoms with Crippen molar-refractivity contribution in [1.29, 1.82) is 0 Å². The summed E-state index contributed by atoms with van der Waals surface area (Å²) in [5, 5.41) is 11.5. The molecule has 2 rings (SSSR count). The molecule has 1 atom stereocenters. The number of hydrogen-bond acceptors (Lipinski definition) is 4. The van der Waals surface area contributed by atoms with E-state index in [0.29, 0.717) is 5.56 Å². The van der Waals surface area contributed by atoms with E-state index in [9.17, 15) is 23.1 Å². The van der Waals surface area contributed by atoms with E-state index in [0.717, 1.165) is 0 Å². The molecule has 0 bridgehead atoms. The highest BCUT2D eigenvalue weighted by Crippen LogP contribution is 2.34. The van der Waals surface area contributed by atoms with Crippen molar-refractivity contribution in [3.63, 3.8) is 0 Å². The summed E-state index contributed by atoms with van der Waals surface area (Å²) < 4.78 is 33.2. The monoisotopic (exact) mass is 307 g/mol. The summed E-state index contributed by atoms with van der Waals surface area (Å²) in [5.74, 6) is 0. The van der Waals surface area contributed by atoms with Gasteiger partial charge in [-0.2, -0.15) is 8.42 Å². The van der Waals surface area contributed by atoms with Gasteiger partial charge in [-0.3, -0.25) is 14.7 Å². The minimum Gasteiger partial charge on any atom is -0.280 e. The van der Waals surface area contributed by atoms with Crippen LogP contribution >= 0.6 is 0 Å². The van der Waals surface area contributed by atoms with Gasteiger partial charge >= 0.3 is 15.0 Å². The van der Waals surface area contributed by atoms with E-state index in [1.807, 2.05) is 0 Å². The molecule has 0 spiro atoms. The Morgan fingerprint density at radius 3 is 1.90 bits per heavy atom. The Bertz CT molecular complexity index is 730. The molecule has 0 saturated heterocycles. The molecule has 2 aromatic rings. The quantitative estimate of drug-likeness (QED) is 0.519. The zero-order chi connectivity index (χ0) is 15.5. The average molecular weight is 307 g/mol. The van der Waals surface area contributed by atoms with Gasteiger partial charge in [-0.1, -0.05) is 60.7 Å². The van der Waals surface area contributed by atoms with Crippen molar-refractivity contribution >= 4 is 10.1 Å². The van der Waals surface area contributed by atoms with Gasteiger partial charge in [0.2, 0.25) is 0 Å². The SMILES string of the molecule is O=[N+]([O-])C(Cc1ccccc1)(c1ccccc1)S(=O)(=O)O. The van der Waals surface area contributed by atoms with Gasteiger partial charge in [0, 0.05) is 5.56 Å². The topological polar surface area (TPSA) is 97.5 Å². The normalized spacial score (nSPS) is 14.3. The number of benzene rings is 2. The summed E-state index contributed by atoms with van der Waals surface area (Å²) in [7, 11) is -4.98. The van der Waals surface area contributed by atoms with Crippen molar-refractivity contribution in [3.8, 4) is 0 Å². The van der Waals surface area contributed by atoms with E-state index in [2.05, 4.69) is 0 Å². The van der Waals surface area contributed by atoms with Crippen LogP contribution in [-0.4, -0.2) is 17.9 Å². The van der Waals surface area contributed by atoms with Gasteiger partial charge in [0.25, 0.3) is 0 Å². The predicted octanol–water partition coefficient (Wildman–Crippen LogP) is 2.25. The molecule has 0 radical (unpaired) electrons. The van der Waals surface area contributed by atoms with Gasteiger partial charge in [0.05, 0.1) is 11.3 Å². The van der Waals surface area contributed by atoms with Crippen LogP contribution in [0, 0.1) is 10.1 Å². The highest BCUT2D eigenvalue weighted by Gasteiger charge is 2.57. The molecule has 7 heteroatoms. The largest absolute Gasteiger partial charge is 0.371 e. The number of nitro groups is 1. The Morgan fingerprint density at radius 1 is 1.00 bits per heavy atom. The van der Waals surface area contributed by atoms with E-state index in [-0.39, 0.29) is 5.56 Å². The maximum absolute atomic E-state index is 11.8. The molecule has 0 aromatic heterocycles. The second kappa shape index (κ2) is 5.63. The summed E-state index contributed by atoms with van der Waals surface area (Å²) in [5.41, 5.74) is 0.358. The number of hydrogen-bond donors (Lipinski definition) is 1. The van der Waals surface area contributed by atoms with E-state index in [1.54, 1.807) is 36.4 Å². The lowest BCUT2D eigenvalue weighted by atomic mass is 9.98. The Labute approximate surface area is 121 Å². The fourth-order valence-electron chi connectivity index (χ4n) is 2.18.